The van der Waals surface area contributed by atoms with Gasteiger partial charge in [0.05, 0.1) is 0 Å². The van der Waals surface area contributed by atoms with Gasteiger partial charge in [-0.25, -0.2) is 4.39 Å². The fraction of sp³-hybridized carbons (Fsp3) is 0.731. The summed E-state index contributed by atoms with van der Waals surface area (Å²) in [7, 11) is 0. The van der Waals surface area contributed by atoms with Crippen molar-refractivity contribution >= 4 is 17.5 Å². The lowest BCUT2D eigenvalue weighted by Gasteiger charge is -2.63. The van der Waals surface area contributed by atoms with Gasteiger partial charge in [-0.1, -0.05) is 32.4 Å². The molecule has 4 aliphatic rings. The molecule has 0 spiro atoms. The summed E-state index contributed by atoms with van der Waals surface area (Å²) in [5.41, 5.74) is -5.32. The van der Waals surface area contributed by atoms with Crippen molar-refractivity contribution in [2.45, 2.75) is 83.6 Å². The van der Waals surface area contributed by atoms with E-state index in [1.165, 1.54) is 12.2 Å². The van der Waals surface area contributed by atoms with Gasteiger partial charge in [0.25, 0.3) is 0 Å². The minimum Gasteiger partial charge on any atom is -0.459 e. The number of carbonyl (C=O) groups excluding carboxylic acids is 3. The molecule has 0 saturated heterocycles. The summed E-state index contributed by atoms with van der Waals surface area (Å²) in [5.74, 6) is -2.77. The summed E-state index contributed by atoms with van der Waals surface area (Å²) >= 11 is 0. The number of fused-ring (bicyclic) bond motifs is 5. The zero-order valence-corrected chi connectivity index (χ0v) is 19.9. The maximum Gasteiger partial charge on any atom is 0.306 e. The standard InChI is InChI=1S/C26H35FO6/c1-5-6-22(31)33-21-13-24(4)19(11-15(2)26(24,32)20(30)14-28)18-8-7-16-12-17(29)9-10-23(16,3)25(18,21)27/h9-10,12,15,18-19,21,28,32H,5-8,11,13-14H2,1-4H3/t15-,18?,19?,21?,23+,24+,25+,26+/m1/s1. The third kappa shape index (κ3) is 3.00. The third-order valence-corrected chi connectivity index (χ3v) is 9.49. The topological polar surface area (TPSA) is 101 Å². The lowest BCUT2D eigenvalue weighted by molar-refractivity contribution is -0.230. The maximum absolute atomic E-state index is 17.7. The van der Waals surface area contributed by atoms with Gasteiger partial charge < -0.3 is 14.9 Å². The van der Waals surface area contributed by atoms with E-state index in [2.05, 4.69) is 0 Å². The molecule has 0 aromatic carbocycles. The maximum atomic E-state index is 17.7. The first-order valence-corrected chi connectivity index (χ1v) is 12.1. The predicted octanol–water partition coefficient (Wildman–Crippen LogP) is 3.25. The van der Waals surface area contributed by atoms with Crippen LogP contribution in [0.5, 0.6) is 0 Å². The smallest absolute Gasteiger partial charge is 0.306 e. The van der Waals surface area contributed by atoms with Crippen LogP contribution in [0.2, 0.25) is 0 Å². The van der Waals surface area contributed by atoms with E-state index in [9.17, 15) is 24.6 Å². The molecule has 2 N–H and O–H groups in total. The van der Waals surface area contributed by atoms with Crippen LogP contribution in [0, 0.1) is 28.6 Å². The highest BCUT2D eigenvalue weighted by Gasteiger charge is 2.76. The molecule has 3 unspecified atom stereocenters. The molecule has 4 aliphatic carbocycles. The quantitative estimate of drug-likeness (QED) is 0.609. The van der Waals surface area contributed by atoms with Crippen molar-refractivity contribution in [1.29, 1.82) is 0 Å². The summed E-state index contributed by atoms with van der Waals surface area (Å²) in [6, 6.07) is 0. The molecule has 182 valence electrons. The Labute approximate surface area is 194 Å². The molecule has 4 rings (SSSR count). The second kappa shape index (κ2) is 7.84. The SMILES string of the molecule is CCCC(=O)OC1C[C@@]2(C)C(C[C@@H](C)[C@]2(O)C(=O)CO)C2CCC3=CC(=O)C=C[C@]3(C)[C@@]12F. The Morgan fingerprint density at radius 1 is 1.27 bits per heavy atom. The first-order chi connectivity index (χ1) is 15.4. The molecule has 3 saturated carbocycles. The molecule has 0 heterocycles. The van der Waals surface area contributed by atoms with E-state index in [-0.39, 0.29) is 24.5 Å². The van der Waals surface area contributed by atoms with Crippen molar-refractivity contribution in [2.24, 2.45) is 28.6 Å². The number of alkyl halides is 1. The Kier molecular flexibility index (Phi) is 5.77. The molecule has 0 aromatic heterocycles. The number of hydrogen-bond acceptors (Lipinski definition) is 6. The van der Waals surface area contributed by atoms with Crippen LogP contribution < -0.4 is 0 Å². The number of halogens is 1. The number of carbonyl (C=O) groups is 3. The van der Waals surface area contributed by atoms with Crippen molar-refractivity contribution in [3.05, 3.63) is 23.8 Å². The molecule has 0 radical (unpaired) electrons. The Morgan fingerprint density at radius 2 is 1.97 bits per heavy atom. The molecular weight excluding hydrogens is 427 g/mol. The molecule has 33 heavy (non-hydrogen) atoms. The van der Waals surface area contributed by atoms with Crippen LogP contribution in [0.4, 0.5) is 4.39 Å². The fourth-order valence-corrected chi connectivity index (χ4v) is 7.77. The predicted molar refractivity (Wildman–Crippen MR) is 119 cm³/mol. The van der Waals surface area contributed by atoms with E-state index in [0.29, 0.717) is 31.3 Å². The summed E-state index contributed by atoms with van der Waals surface area (Å²) in [6.07, 6.45) is 5.34. The van der Waals surface area contributed by atoms with Crippen LogP contribution in [-0.2, 0) is 19.1 Å². The lowest BCUT2D eigenvalue weighted by atomic mass is 9.44. The summed E-state index contributed by atoms with van der Waals surface area (Å²) in [6.45, 7) is 6.35. The monoisotopic (exact) mass is 462 g/mol. The average Bonchev–Trinajstić information content (AvgIpc) is 2.96. The van der Waals surface area contributed by atoms with E-state index in [0.717, 1.165) is 0 Å². The molecule has 0 bridgehead atoms. The van der Waals surface area contributed by atoms with Gasteiger partial charge in [0.2, 0.25) is 0 Å². The van der Waals surface area contributed by atoms with E-state index in [1.54, 1.807) is 26.8 Å². The number of Topliss-reactive ketones (excluding diaryl/α,β-unsaturated/α-hetero) is 1. The number of allylic oxidation sites excluding steroid dienone is 4. The molecule has 6 nitrogen and oxygen atoms in total. The Morgan fingerprint density at radius 3 is 2.61 bits per heavy atom. The number of ether oxygens (including phenoxy) is 1. The zero-order valence-electron chi connectivity index (χ0n) is 19.9. The van der Waals surface area contributed by atoms with Gasteiger partial charge in [-0.2, -0.15) is 0 Å². The largest absolute Gasteiger partial charge is 0.459 e. The summed E-state index contributed by atoms with van der Waals surface area (Å²) in [5, 5.41) is 21.4. The van der Waals surface area contributed by atoms with Crippen molar-refractivity contribution in [2.75, 3.05) is 6.61 Å². The molecule has 7 heteroatoms. The number of ketones is 2. The van der Waals surface area contributed by atoms with Crippen LogP contribution in [-0.4, -0.2) is 51.7 Å². The third-order valence-electron chi connectivity index (χ3n) is 9.49. The van der Waals surface area contributed by atoms with E-state index < -0.39 is 58.4 Å². The number of aliphatic hydroxyl groups excluding tert-OH is 1. The highest BCUT2D eigenvalue weighted by Crippen LogP contribution is 2.71. The lowest BCUT2D eigenvalue weighted by Crippen LogP contribution is -2.70. The molecule has 8 atom stereocenters. The van der Waals surface area contributed by atoms with Gasteiger partial charge in [-0.3, -0.25) is 14.4 Å². The average molecular weight is 463 g/mol. The number of aliphatic hydroxyl groups is 2. The van der Waals surface area contributed by atoms with Crippen molar-refractivity contribution in [3.8, 4) is 0 Å². The number of esters is 1. The first-order valence-electron chi connectivity index (χ1n) is 12.1. The van der Waals surface area contributed by atoms with E-state index in [4.69, 9.17) is 4.74 Å². The minimum absolute atomic E-state index is 0.0304. The molecule has 0 amide bonds. The van der Waals surface area contributed by atoms with E-state index >= 15 is 4.39 Å². The molecule has 3 fully saturated rings. The minimum atomic E-state index is -1.99. The first kappa shape index (κ1) is 24.3. The Balaban J connectivity index is 1.87. The van der Waals surface area contributed by atoms with Gasteiger partial charge in [-0.05, 0) is 63.0 Å². The summed E-state index contributed by atoms with van der Waals surface area (Å²) in [4.78, 5) is 37.5. The van der Waals surface area contributed by atoms with Crippen LogP contribution >= 0.6 is 0 Å². The molecule has 0 aliphatic heterocycles. The normalized spacial score (nSPS) is 46.2. The van der Waals surface area contributed by atoms with Crippen LogP contribution in [0.15, 0.2) is 23.8 Å². The van der Waals surface area contributed by atoms with Crippen molar-refractivity contribution in [1.82, 2.24) is 0 Å². The van der Waals surface area contributed by atoms with E-state index in [1.807, 2.05) is 6.92 Å². The van der Waals surface area contributed by atoms with Crippen LogP contribution in [0.1, 0.15) is 66.2 Å². The highest BCUT2D eigenvalue weighted by atomic mass is 19.1. The Bertz CT molecular complexity index is 941. The van der Waals surface area contributed by atoms with Gasteiger partial charge in [0.15, 0.2) is 17.2 Å². The number of hydrogen-bond donors (Lipinski definition) is 2. The highest BCUT2D eigenvalue weighted by molar-refractivity contribution is 6.01. The fourth-order valence-electron chi connectivity index (χ4n) is 7.77. The van der Waals surface area contributed by atoms with Crippen LogP contribution in [0.25, 0.3) is 0 Å². The van der Waals surface area contributed by atoms with Gasteiger partial charge in [0.1, 0.15) is 18.3 Å². The Hall–Kier alpha value is -1.86. The van der Waals surface area contributed by atoms with Crippen LogP contribution in [0.3, 0.4) is 0 Å². The van der Waals surface area contributed by atoms with Gasteiger partial charge in [-0.15, -0.1) is 0 Å². The van der Waals surface area contributed by atoms with Crippen molar-refractivity contribution < 1.29 is 33.7 Å². The second-order valence-corrected chi connectivity index (χ2v) is 11.0. The van der Waals surface area contributed by atoms with Gasteiger partial charge in [0, 0.05) is 23.2 Å². The number of rotatable bonds is 5. The van der Waals surface area contributed by atoms with Crippen molar-refractivity contribution in [3.63, 3.8) is 0 Å². The van der Waals surface area contributed by atoms with Gasteiger partial charge >= 0.3 is 5.97 Å². The second-order valence-electron chi connectivity index (χ2n) is 11.0. The summed E-state index contributed by atoms with van der Waals surface area (Å²) < 4.78 is 23.5. The zero-order chi connectivity index (χ0) is 24.4. The molecule has 0 aromatic rings. The molecular formula is C26H35FO6.